The lowest BCUT2D eigenvalue weighted by Crippen LogP contribution is -2.43. The maximum absolute atomic E-state index is 6.39. The first-order valence-corrected chi connectivity index (χ1v) is 7.20. The molecule has 0 bridgehead atoms. The molecule has 1 fully saturated rings. The van der Waals surface area contributed by atoms with Gasteiger partial charge >= 0.3 is 0 Å². The lowest BCUT2D eigenvalue weighted by atomic mass is 9.68. The molecule has 0 aliphatic heterocycles. The van der Waals surface area contributed by atoms with Gasteiger partial charge in [-0.2, -0.15) is 0 Å². The van der Waals surface area contributed by atoms with Gasteiger partial charge in [0.25, 0.3) is 0 Å². The Morgan fingerprint density at radius 1 is 1.12 bits per heavy atom. The summed E-state index contributed by atoms with van der Waals surface area (Å²) in [5, 5.41) is 0. The van der Waals surface area contributed by atoms with E-state index in [-0.39, 0.29) is 0 Å². The van der Waals surface area contributed by atoms with E-state index >= 15 is 0 Å². The highest BCUT2D eigenvalue weighted by Crippen LogP contribution is 2.38. The van der Waals surface area contributed by atoms with E-state index in [9.17, 15) is 0 Å². The SMILES string of the molecule is C=CCC1CC(CCCC)CC(CC=C)C1N. The summed E-state index contributed by atoms with van der Waals surface area (Å²) < 4.78 is 0. The van der Waals surface area contributed by atoms with Crippen LogP contribution in [-0.4, -0.2) is 6.04 Å². The summed E-state index contributed by atoms with van der Waals surface area (Å²) >= 11 is 0. The summed E-state index contributed by atoms with van der Waals surface area (Å²) in [5.74, 6) is 2.17. The lowest BCUT2D eigenvalue weighted by molar-refractivity contribution is 0.154. The van der Waals surface area contributed by atoms with Gasteiger partial charge in [-0.05, 0) is 43.4 Å². The molecule has 98 valence electrons. The molecule has 2 N–H and O–H groups in total. The third kappa shape index (κ3) is 4.31. The fourth-order valence-corrected chi connectivity index (χ4v) is 3.32. The first kappa shape index (κ1) is 14.5. The van der Waals surface area contributed by atoms with Crippen LogP contribution in [0.3, 0.4) is 0 Å². The second-order valence-electron chi connectivity index (χ2n) is 5.63. The van der Waals surface area contributed by atoms with Crippen LogP contribution in [-0.2, 0) is 0 Å². The standard InChI is InChI=1S/C16H29N/c1-4-7-10-13-11-14(8-5-2)16(17)15(12-13)9-6-3/h5-6,13-16H,2-4,7-12,17H2,1H3. The minimum Gasteiger partial charge on any atom is -0.327 e. The quantitative estimate of drug-likeness (QED) is 0.654. The van der Waals surface area contributed by atoms with Crippen LogP contribution in [0.15, 0.2) is 25.3 Å². The Morgan fingerprint density at radius 2 is 1.65 bits per heavy atom. The molecular formula is C16H29N. The molecule has 2 unspecified atom stereocenters. The summed E-state index contributed by atoms with van der Waals surface area (Å²) in [7, 11) is 0. The molecule has 2 atom stereocenters. The molecule has 1 aliphatic rings. The highest BCUT2D eigenvalue weighted by atomic mass is 14.7. The maximum atomic E-state index is 6.39. The molecule has 1 nitrogen and oxygen atoms in total. The Bertz CT molecular complexity index is 214. The van der Waals surface area contributed by atoms with Gasteiger partial charge in [-0.25, -0.2) is 0 Å². The number of nitrogens with two attached hydrogens (primary N) is 1. The van der Waals surface area contributed by atoms with Gasteiger partial charge in [0, 0.05) is 6.04 Å². The van der Waals surface area contributed by atoms with Crippen molar-refractivity contribution in [2.24, 2.45) is 23.5 Å². The van der Waals surface area contributed by atoms with Gasteiger partial charge in [0.2, 0.25) is 0 Å². The molecule has 1 aliphatic carbocycles. The molecule has 0 spiro atoms. The van der Waals surface area contributed by atoms with Crippen LogP contribution in [0.1, 0.15) is 51.9 Å². The van der Waals surface area contributed by atoms with E-state index in [0.717, 1.165) is 18.8 Å². The summed E-state index contributed by atoms with van der Waals surface area (Å²) in [5.41, 5.74) is 6.39. The van der Waals surface area contributed by atoms with Crippen LogP contribution in [0.2, 0.25) is 0 Å². The lowest BCUT2D eigenvalue weighted by Gasteiger charge is -2.40. The Hall–Kier alpha value is -0.560. The zero-order chi connectivity index (χ0) is 12.7. The van der Waals surface area contributed by atoms with Gasteiger partial charge in [-0.3, -0.25) is 0 Å². The minimum atomic E-state index is 0.351. The van der Waals surface area contributed by atoms with Crippen molar-refractivity contribution in [3.63, 3.8) is 0 Å². The molecular weight excluding hydrogens is 206 g/mol. The van der Waals surface area contributed by atoms with Gasteiger partial charge < -0.3 is 5.73 Å². The molecule has 1 rings (SSSR count). The summed E-state index contributed by atoms with van der Waals surface area (Å²) in [6.07, 6.45) is 12.9. The summed E-state index contributed by atoms with van der Waals surface area (Å²) in [6, 6.07) is 0.351. The summed E-state index contributed by atoms with van der Waals surface area (Å²) in [4.78, 5) is 0. The van der Waals surface area contributed by atoms with Crippen LogP contribution in [0.5, 0.6) is 0 Å². The zero-order valence-electron chi connectivity index (χ0n) is 11.4. The summed E-state index contributed by atoms with van der Waals surface area (Å²) in [6.45, 7) is 10.0. The molecule has 0 saturated heterocycles. The molecule has 0 aromatic carbocycles. The highest BCUT2D eigenvalue weighted by molar-refractivity contribution is 4.93. The number of allylic oxidation sites excluding steroid dienone is 2. The largest absolute Gasteiger partial charge is 0.327 e. The van der Waals surface area contributed by atoms with Gasteiger partial charge in [-0.15, -0.1) is 13.2 Å². The zero-order valence-corrected chi connectivity index (χ0v) is 11.4. The van der Waals surface area contributed by atoms with Crippen molar-refractivity contribution in [2.75, 3.05) is 0 Å². The Kier molecular flexibility index (Phi) is 6.57. The first-order chi connectivity index (χ1) is 8.22. The van der Waals surface area contributed by atoms with Gasteiger partial charge in [0.05, 0.1) is 0 Å². The van der Waals surface area contributed by atoms with E-state index < -0.39 is 0 Å². The van der Waals surface area contributed by atoms with Crippen LogP contribution >= 0.6 is 0 Å². The fourth-order valence-electron chi connectivity index (χ4n) is 3.32. The molecule has 0 aromatic rings. The monoisotopic (exact) mass is 235 g/mol. The molecule has 0 heterocycles. The van der Waals surface area contributed by atoms with Crippen molar-refractivity contribution in [3.8, 4) is 0 Å². The molecule has 0 amide bonds. The number of rotatable bonds is 7. The van der Waals surface area contributed by atoms with E-state index in [1.54, 1.807) is 0 Å². The van der Waals surface area contributed by atoms with Crippen molar-refractivity contribution in [3.05, 3.63) is 25.3 Å². The van der Waals surface area contributed by atoms with Crippen molar-refractivity contribution in [2.45, 2.75) is 57.9 Å². The number of hydrogen-bond acceptors (Lipinski definition) is 1. The molecule has 1 saturated carbocycles. The fraction of sp³-hybridized carbons (Fsp3) is 0.750. The van der Waals surface area contributed by atoms with Crippen molar-refractivity contribution in [1.82, 2.24) is 0 Å². The first-order valence-electron chi connectivity index (χ1n) is 7.20. The Labute approximate surface area is 107 Å². The topological polar surface area (TPSA) is 26.0 Å². The molecule has 0 radical (unpaired) electrons. The minimum absolute atomic E-state index is 0.351. The number of unbranched alkanes of at least 4 members (excludes halogenated alkanes) is 1. The Morgan fingerprint density at radius 3 is 2.06 bits per heavy atom. The second-order valence-corrected chi connectivity index (χ2v) is 5.63. The maximum Gasteiger partial charge on any atom is 0.0102 e. The predicted molar refractivity (Wildman–Crippen MR) is 76.8 cm³/mol. The molecule has 0 aromatic heterocycles. The van der Waals surface area contributed by atoms with Gasteiger partial charge in [-0.1, -0.05) is 38.3 Å². The van der Waals surface area contributed by atoms with E-state index in [2.05, 4.69) is 20.1 Å². The van der Waals surface area contributed by atoms with E-state index in [1.807, 2.05) is 12.2 Å². The smallest absolute Gasteiger partial charge is 0.0102 e. The van der Waals surface area contributed by atoms with Crippen LogP contribution in [0.4, 0.5) is 0 Å². The van der Waals surface area contributed by atoms with Crippen LogP contribution in [0.25, 0.3) is 0 Å². The van der Waals surface area contributed by atoms with Crippen LogP contribution in [0, 0.1) is 17.8 Å². The van der Waals surface area contributed by atoms with Crippen molar-refractivity contribution in [1.29, 1.82) is 0 Å². The molecule has 1 heteroatoms. The highest BCUT2D eigenvalue weighted by Gasteiger charge is 2.33. The average molecular weight is 235 g/mol. The average Bonchev–Trinajstić information content (AvgIpc) is 2.32. The third-order valence-electron chi connectivity index (χ3n) is 4.27. The van der Waals surface area contributed by atoms with E-state index in [0.29, 0.717) is 17.9 Å². The van der Waals surface area contributed by atoms with Crippen molar-refractivity contribution < 1.29 is 0 Å². The third-order valence-corrected chi connectivity index (χ3v) is 4.27. The van der Waals surface area contributed by atoms with Gasteiger partial charge in [0.15, 0.2) is 0 Å². The van der Waals surface area contributed by atoms with Crippen LogP contribution < -0.4 is 5.73 Å². The van der Waals surface area contributed by atoms with E-state index in [1.165, 1.54) is 32.1 Å². The van der Waals surface area contributed by atoms with Gasteiger partial charge in [0.1, 0.15) is 0 Å². The Balaban J connectivity index is 2.58. The second kappa shape index (κ2) is 7.71. The number of hydrogen-bond donors (Lipinski definition) is 1. The predicted octanol–water partition coefficient (Wildman–Crippen LogP) is 4.30. The van der Waals surface area contributed by atoms with E-state index in [4.69, 9.17) is 5.73 Å². The van der Waals surface area contributed by atoms with Crippen molar-refractivity contribution >= 4 is 0 Å². The normalized spacial score (nSPS) is 33.3. The molecule has 17 heavy (non-hydrogen) atoms.